The van der Waals surface area contributed by atoms with Crippen LogP contribution in [0.3, 0.4) is 0 Å². The number of hydrogen-bond acceptors (Lipinski definition) is 4. The first-order valence-electron chi connectivity index (χ1n) is 12.5. The summed E-state index contributed by atoms with van der Waals surface area (Å²) in [4.78, 5) is 28.4. The summed E-state index contributed by atoms with van der Waals surface area (Å²) in [5.74, 6) is -0.842. The van der Waals surface area contributed by atoms with E-state index < -0.39 is 28.5 Å². The van der Waals surface area contributed by atoms with Gasteiger partial charge in [-0.25, -0.2) is 8.42 Å². The number of amides is 2. The van der Waals surface area contributed by atoms with Crippen LogP contribution in [0.15, 0.2) is 83.8 Å². The summed E-state index contributed by atoms with van der Waals surface area (Å²) in [6.45, 7) is 6.95. The summed E-state index contributed by atoms with van der Waals surface area (Å²) in [5.41, 5.74) is 1.90. The molecule has 0 radical (unpaired) electrons. The Morgan fingerprint density at radius 3 is 2.13 bits per heavy atom. The molecule has 2 atom stereocenters. The molecule has 0 saturated carbocycles. The van der Waals surface area contributed by atoms with Gasteiger partial charge in [0.05, 0.1) is 15.6 Å². The highest BCUT2D eigenvalue weighted by Gasteiger charge is 2.33. The van der Waals surface area contributed by atoms with Gasteiger partial charge in [-0.1, -0.05) is 78.7 Å². The zero-order chi connectivity index (χ0) is 27.9. The summed E-state index contributed by atoms with van der Waals surface area (Å²) in [6, 6.07) is 21.2. The van der Waals surface area contributed by atoms with Gasteiger partial charge in [-0.3, -0.25) is 13.9 Å². The normalized spacial score (nSPS) is 12.9. The zero-order valence-electron chi connectivity index (χ0n) is 22.1. The number of para-hydroxylation sites is 1. The maximum Gasteiger partial charge on any atom is 0.264 e. The van der Waals surface area contributed by atoms with Crippen LogP contribution in [0, 0.1) is 6.92 Å². The Labute approximate surface area is 230 Å². The Balaban J connectivity index is 2.02. The first kappa shape index (κ1) is 29.2. The van der Waals surface area contributed by atoms with Gasteiger partial charge in [0.1, 0.15) is 12.6 Å². The molecule has 0 aromatic heterocycles. The van der Waals surface area contributed by atoms with Gasteiger partial charge in [0.15, 0.2) is 0 Å². The highest BCUT2D eigenvalue weighted by atomic mass is 35.5. The molecule has 3 aromatic carbocycles. The van der Waals surface area contributed by atoms with Crippen molar-refractivity contribution in [3.63, 3.8) is 0 Å². The number of aryl methyl sites for hydroxylation is 1. The number of rotatable bonds is 11. The minimum absolute atomic E-state index is 0.0352. The minimum atomic E-state index is -4.16. The standard InChI is InChI=1S/C29H34ClN3O4S/c1-5-22(3)31-29(35)23(4)32(19-24-11-7-6-8-12-24)28(34)20-33(27-14-10-9-13-26(27)30)38(36,37)25-17-15-21(2)16-18-25/h6-18,22-23H,5,19-20H2,1-4H3,(H,31,35)/t22-,23+/m0/s1. The number of nitrogens with zero attached hydrogens (tertiary/aromatic N) is 2. The Bertz CT molecular complexity index is 1350. The molecular formula is C29H34ClN3O4S. The third kappa shape index (κ3) is 7.14. The quantitative estimate of drug-likeness (QED) is 0.353. The summed E-state index contributed by atoms with van der Waals surface area (Å²) >= 11 is 6.42. The molecule has 2 amide bonds. The Hall–Kier alpha value is -3.36. The second-order valence-electron chi connectivity index (χ2n) is 9.28. The average molecular weight is 556 g/mol. The predicted molar refractivity (Wildman–Crippen MR) is 152 cm³/mol. The van der Waals surface area contributed by atoms with Gasteiger partial charge in [0, 0.05) is 12.6 Å². The van der Waals surface area contributed by atoms with E-state index in [0.717, 1.165) is 21.9 Å². The number of carbonyl (C=O) groups excluding carboxylic acids is 2. The lowest BCUT2D eigenvalue weighted by atomic mass is 10.1. The molecule has 38 heavy (non-hydrogen) atoms. The molecule has 0 heterocycles. The molecule has 202 valence electrons. The molecule has 7 nitrogen and oxygen atoms in total. The molecule has 0 spiro atoms. The van der Waals surface area contributed by atoms with Crippen molar-refractivity contribution in [1.82, 2.24) is 10.2 Å². The summed E-state index contributed by atoms with van der Waals surface area (Å²) in [7, 11) is -4.16. The Morgan fingerprint density at radius 2 is 1.53 bits per heavy atom. The van der Waals surface area contributed by atoms with Crippen molar-refractivity contribution in [3.8, 4) is 0 Å². The average Bonchev–Trinajstić information content (AvgIpc) is 2.91. The summed E-state index contributed by atoms with van der Waals surface area (Å²) < 4.78 is 28.6. The number of hydrogen-bond donors (Lipinski definition) is 1. The number of halogens is 1. The molecule has 0 saturated heterocycles. The number of carbonyl (C=O) groups is 2. The molecule has 0 aliphatic rings. The van der Waals surface area contributed by atoms with Crippen LogP contribution in [-0.2, 0) is 26.2 Å². The van der Waals surface area contributed by atoms with Gasteiger partial charge in [0.2, 0.25) is 11.8 Å². The van der Waals surface area contributed by atoms with Crippen molar-refractivity contribution >= 4 is 39.1 Å². The van der Waals surface area contributed by atoms with Crippen molar-refractivity contribution in [1.29, 1.82) is 0 Å². The fourth-order valence-corrected chi connectivity index (χ4v) is 5.55. The molecular weight excluding hydrogens is 522 g/mol. The fraction of sp³-hybridized carbons (Fsp3) is 0.310. The van der Waals surface area contributed by atoms with E-state index in [2.05, 4.69) is 5.32 Å². The van der Waals surface area contributed by atoms with E-state index in [-0.39, 0.29) is 34.1 Å². The van der Waals surface area contributed by atoms with Crippen LogP contribution >= 0.6 is 11.6 Å². The smallest absolute Gasteiger partial charge is 0.264 e. The van der Waals surface area contributed by atoms with Crippen LogP contribution in [0.4, 0.5) is 5.69 Å². The van der Waals surface area contributed by atoms with Crippen LogP contribution in [0.2, 0.25) is 5.02 Å². The van der Waals surface area contributed by atoms with Crippen LogP contribution in [-0.4, -0.2) is 43.8 Å². The largest absolute Gasteiger partial charge is 0.352 e. The SMILES string of the molecule is CC[C@H](C)NC(=O)[C@@H](C)N(Cc1ccccc1)C(=O)CN(c1ccccc1Cl)S(=O)(=O)c1ccc(C)cc1. The van der Waals surface area contributed by atoms with Gasteiger partial charge in [0.25, 0.3) is 10.0 Å². The van der Waals surface area contributed by atoms with Crippen LogP contribution in [0.5, 0.6) is 0 Å². The summed E-state index contributed by atoms with van der Waals surface area (Å²) in [5, 5.41) is 3.11. The van der Waals surface area contributed by atoms with Crippen molar-refractivity contribution in [2.75, 3.05) is 10.8 Å². The number of sulfonamides is 1. The van der Waals surface area contributed by atoms with E-state index in [0.29, 0.717) is 0 Å². The third-order valence-corrected chi connectivity index (χ3v) is 8.47. The monoisotopic (exact) mass is 555 g/mol. The molecule has 3 aromatic rings. The van der Waals surface area contributed by atoms with E-state index in [9.17, 15) is 18.0 Å². The summed E-state index contributed by atoms with van der Waals surface area (Å²) in [6.07, 6.45) is 0.736. The molecule has 0 aliphatic heterocycles. The highest BCUT2D eigenvalue weighted by Crippen LogP contribution is 2.30. The number of nitrogens with one attached hydrogen (secondary N) is 1. The van der Waals surface area contributed by atoms with Crippen LogP contribution in [0.25, 0.3) is 0 Å². The lowest BCUT2D eigenvalue weighted by Crippen LogP contribution is -2.52. The van der Waals surface area contributed by atoms with E-state index in [1.165, 1.54) is 17.0 Å². The van der Waals surface area contributed by atoms with Crippen LogP contribution in [0.1, 0.15) is 38.3 Å². The van der Waals surface area contributed by atoms with E-state index in [4.69, 9.17) is 11.6 Å². The Kier molecular flexibility index (Phi) is 9.94. The van der Waals surface area contributed by atoms with Gasteiger partial charge in [-0.05, 0) is 57.0 Å². The second kappa shape index (κ2) is 12.9. The topological polar surface area (TPSA) is 86.8 Å². The molecule has 9 heteroatoms. The first-order chi connectivity index (χ1) is 18.0. The maximum atomic E-state index is 13.9. The molecule has 1 N–H and O–H groups in total. The van der Waals surface area contributed by atoms with Gasteiger partial charge < -0.3 is 10.2 Å². The molecule has 0 bridgehead atoms. The third-order valence-electron chi connectivity index (χ3n) is 6.37. The molecule has 0 fully saturated rings. The van der Waals surface area contributed by atoms with Gasteiger partial charge in [-0.15, -0.1) is 0 Å². The fourth-order valence-electron chi connectivity index (χ4n) is 3.83. The van der Waals surface area contributed by atoms with E-state index >= 15 is 0 Å². The lowest BCUT2D eigenvalue weighted by molar-refractivity contribution is -0.139. The molecule has 0 aliphatic carbocycles. The van der Waals surface area contributed by atoms with Crippen molar-refractivity contribution in [2.24, 2.45) is 0 Å². The first-order valence-corrected chi connectivity index (χ1v) is 14.3. The lowest BCUT2D eigenvalue weighted by Gasteiger charge is -2.32. The number of benzene rings is 3. The van der Waals surface area contributed by atoms with E-state index in [1.807, 2.05) is 51.1 Å². The zero-order valence-corrected chi connectivity index (χ0v) is 23.7. The van der Waals surface area contributed by atoms with Crippen molar-refractivity contribution < 1.29 is 18.0 Å². The van der Waals surface area contributed by atoms with Crippen LogP contribution < -0.4 is 9.62 Å². The molecule has 0 unspecified atom stereocenters. The second-order valence-corrected chi connectivity index (χ2v) is 11.5. The predicted octanol–water partition coefficient (Wildman–Crippen LogP) is 5.18. The van der Waals surface area contributed by atoms with Gasteiger partial charge in [-0.2, -0.15) is 0 Å². The maximum absolute atomic E-state index is 13.9. The highest BCUT2D eigenvalue weighted by molar-refractivity contribution is 7.92. The van der Waals surface area contributed by atoms with Gasteiger partial charge >= 0.3 is 0 Å². The Morgan fingerprint density at radius 1 is 0.921 bits per heavy atom. The van der Waals surface area contributed by atoms with Crippen molar-refractivity contribution in [3.05, 3.63) is 95.0 Å². The molecule has 3 rings (SSSR count). The minimum Gasteiger partial charge on any atom is -0.352 e. The number of anilines is 1. The van der Waals surface area contributed by atoms with E-state index in [1.54, 1.807) is 43.3 Å². The van der Waals surface area contributed by atoms with Crippen molar-refractivity contribution in [2.45, 2.75) is 57.6 Å².